The molecule has 2 aromatic carbocycles. The Kier molecular flexibility index (Phi) is 1180. The molecule has 2 aromatic rings. The van der Waals surface area contributed by atoms with Gasteiger partial charge in [0.15, 0.2) is 0 Å². The largest absolute Gasteiger partial charge is 0.226 e. The second-order valence-corrected chi connectivity index (χ2v) is 3.00. The first-order chi connectivity index (χ1) is 6.38. The number of hydrogen-bond acceptors (Lipinski definition) is 0. The molecular weight excluding hydrogens is 3800 g/mol. The summed E-state index contributed by atoms with van der Waals surface area (Å²) >= 11 is 0. The molecular formula is C13H10Y41-2. The van der Waals surface area contributed by atoms with Crippen molar-refractivity contribution in [3.05, 3.63) is 60.2 Å². The van der Waals surface area contributed by atoms with Crippen LogP contribution in [0.15, 0.2) is 42.5 Å². The van der Waals surface area contributed by atoms with Crippen LogP contribution in [0, 0.1) is 19.1 Å². The molecule has 187 valence electrons. The van der Waals surface area contributed by atoms with Gasteiger partial charge in [-0.05, 0) is 0 Å². The van der Waals surface area contributed by atoms with E-state index >= 15 is 0 Å². The van der Waals surface area contributed by atoms with Gasteiger partial charge in [-0.1, -0.05) is 6.92 Å². The third kappa shape index (κ3) is 193. The zero-order chi connectivity index (χ0) is 9.10. The zero-order valence-corrected chi connectivity index (χ0v) is 148. The SMILES string of the molecule is Cc1ccc[c-]c1-c1[c-]cccc1.[Y].[Y].[Y].[Y].[Y].[Y].[Y].[Y].[Y].[Y].[Y].[Y].[Y].[Y].[Y].[Y].[Y].[Y].[Y].[Y].[Y].[Y].[Y].[Y].[Y].[Y].[Y].[Y].[Y].[Y].[Y].[Y].[Y].[Y].[Y].[Y].[Y].[Y].[Y].[Y].[Y]. The van der Waals surface area contributed by atoms with Gasteiger partial charge in [0, 0.05) is 1340 Å². The summed E-state index contributed by atoms with van der Waals surface area (Å²) in [5.41, 5.74) is 3.49. The summed E-state index contributed by atoms with van der Waals surface area (Å²) in [4.78, 5) is 0. The number of hydrogen-bond donors (Lipinski definition) is 0. The van der Waals surface area contributed by atoms with Crippen LogP contribution in [-0.2, 0) is 1340 Å². The third-order valence-corrected chi connectivity index (χ3v) is 2.04. The molecule has 0 saturated carbocycles. The van der Waals surface area contributed by atoms with E-state index in [9.17, 15) is 0 Å². The standard InChI is InChI=1S/C13H10.41Y/c1-11-7-5-6-10-13(11)12-8-3-2-4-9-12;;;;;;;;;;;;;;;;;;;;;;;;;;;;;;;;;;;;;;;;;/h2-8H,1H3;;;;;;;;;;;;;;;;;;;;;;;;;;;;;;;;;;;;;;;;;/q-2;;;;;;;;;;;;;;;;;;;;;;;;;;;;;;;;;;;;;;;;;. The van der Waals surface area contributed by atoms with Crippen molar-refractivity contribution < 1.29 is 1340 Å². The molecule has 41 radical (unpaired) electrons. The zero-order valence-electron chi connectivity index (χ0n) is 31.2. The Morgan fingerprint density at radius 1 is 0.241 bits per heavy atom. The van der Waals surface area contributed by atoms with Gasteiger partial charge in [-0.3, -0.25) is 0 Å². The van der Waals surface area contributed by atoms with E-state index in [-0.39, 0.29) is 1340 Å². The van der Waals surface area contributed by atoms with Crippen molar-refractivity contribution in [3.63, 3.8) is 0 Å². The molecule has 0 amide bonds. The van der Waals surface area contributed by atoms with Crippen molar-refractivity contribution in [2.24, 2.45) is 0 Å². The molecule has 0 N–H and O–H groups in total. The van der Waals surface area contributed by atoms with Crippen molar-refractivity contribution in [1.29, 1.82) is 0 Å². The Bertz CT molecular complexity index is 431. The molecule has 2 rings (SSSR count). The van der Waals surface area contributed by atoms with Crippen LogP contribution in [0.4, 0.5) is 0 Å². The summed E-state index contributed by atoms with van der Waals surface area (Å²) in [6.07, 6.45) is 0. The van der Waals surface area contributed by atoms with E-state index in [0.29, 0.717) is 0 Å². The topological polar surface area (TPSA) is 0 Å². The van der Waals surface area contributed by atoms with Crippen LogP contribution < -0.4 is 0 Å². The van der Waals surface area contributed by atoms with Crippen molar-refractivity contribution in [2.75, 3.05) is 0 Å². The molecule has 0 atom stereocenters. The fourth-order valence-corrected chi connectivity index (χ4v) is 1.36. The molecule has 0 aliphatic rings. The maximum Gasteiger partial charge on any atom is 0 e. The van der Waals surface area contributed by atoms with Crippen LogP contribution in [0.2, 0.25) is 0 Å². The quantitative estimate of drug-likeness (QED) is 0.386. The molecule has 41 heteroatoms. The van der Waals surface area contributed by atoms with Gasteiger partial charge in [-0.25, -0.2) is 11.1 Å². The second-order valence-electron chi connectivity index (χ2n) is 3.00. The first-order valence-electron chi connectivity index (χ1n) is 4.32. The molecule has 0 aromatic heterocycles. The van der Waals surface area contributed by atoms with E-state index in [1.54, 1.807) is 0 Å². The van der Waals surface area contributed by atoms with Crippen molar-refractivity contribution >= 4 is 0 Å². The average Bonchev–Trinajstić information content (AvgIpc) is 2.20. The van der Waals surface area contributed by atoms with Crippen LogP contribution in [0.1, 0.15) is 5.56 Å². The number of aryl methyl sites for hydroxylation is 1. The normalized spacial score (nSPS) is 2.39. The van der Waals surface area contributed by atoms with Gasteiger partial charge < -0.3 is 0 Å². The molecule has 0 bridgehead atoms. The molecule has 0 aliphatic heterocycles. The van der Waals surface area contributed by atoms with Crippen LogP contribution in [0.5, 0.6) is 0 Å². The number of rotatable bonds is 1. The molecule has 0 spiro atoms. The monoisotopic (exact) mass is 3810 g/mol. The van der Waals surface area contributed by atoms with Crippen LogP contribution >= 0.6 is 0 Å². The smallest absolute Gasteiger partial charge is 0 e. The minimum atomic E-state index is 0. The van der Waals surface area contributed by atoms with Gasteiger partial charge in [0.05, 0.1) is 0 Å². The van der Waals surface area contributed by atoms with E-state index in [4.69, 9.17) is 0 Å². The van der Waals surface area contributed by atoms with Gasteiger partial charge in [-0.2, -0.15) is 48.0 Å². The Morgan fingerprint density at radius 3 is 0.611 bits per heavy atom. The van der Waals surface area contributed by atoms with E-state index in [1.807, 2.05) is 30.3 Å². The van der Waals surface area contributed by atoms with Crippen LogP contribution in [0.25, 0.3) is 11.1 Å². The minimum absolute atomic E-state index is 0. The molecule has 0 unspecified atom stereocenters. The Balaban J connectivity index is -0.00000000126. The minimum Gasteiger partial charge on any atom is -0.226 e. The second kappa shape index (κ2) is 233. The molecule has 0 fully saturated rings. The van der Waals surface area contributed by atoms with Crippen molar-refractivity contribution in [2.45, 2.75) is 6.92 Å². The third-order valence-electron chi connectivity index (χ3n) is 2.04. The Hall–Kier alpha value is 43.7. The summed E-state index contributed by atoms with van der Waals surface area (Å²) in [5, 5.41) is 0. The first kappa shape index (κ1) is 274. The average molecular weight is 3810 g/mol. The van der Waals surface area contributed by atoms with Gasteiger partial charge in [0.25, 0.3) is 0 Å². The van der Waals surface area contributed by atoms with Crippen molar-refractivity contribution in [1.82, 2.24) is 0 Å². The van der Waals surface area contributed by atoms with E-state index in [2.05, 4.69) is 31.2 Å². The van der Waals surface area contributed by atoms with Gasteiger partial charge >= 0.3 is 0 Å². The summed E-state index contributed by atoms with van der Waals surface area (Å²) in [6, 6.07) is 20.4. The molecule has 0 nitrogen and oxygen atoms in total. The Labute approximate surface area is 1370 Å². The van der Waals surface area contributed by atoms with Gasteiger partial charge in [0.1, 0.15) is 0 Å². The maximum atomic E-state index is 3.22. The molecule has 0 aliphatic carbocycles. The summed E-state index contributed by atoms with van der Waals surface area (Å²) in [6.45, 7) is 2.09. The predicted molar refractivity (Wildman–Crippen MR) is 54.3 cm³/mol. The van der Waals surface area contributed by atoms with Crippen LogP contribution in [-0.4, -0.2) is 0 Å². The van der Waals surface area contributed by atoms with E-state index in [1.165, 1.54) is 5.56 Å². The first-order valence-corrected chi connectivity index (χ1v) is 4.32. The Morgan fingerprint density at radius 2 is 0.444 bits per heavy atom. The van der Waals surface area contributed by atoms with Crippen molar-refractivity contribution in [3.8, 4) is 11.1 Å². The van der Waals surface area contributed by atoms with E-state index < -0.39 is 0 Å². The molecule has 0 heterocycles. The fourth-order valence-electron chi connectivity index (χ4n) is 1.36. The van der Waals surface area contributed by atoms with E-state index in [0.717, 1.165) is 11.1 Å². The fraction of sp³-hybridized carbons (Fsp3) is 0.0769. The molecule has 0 saturated heterocycles. The number of benzene rings is 2. The maximum absolute atomic E-state index is 3.22. The molecule has 54 heavy (non-hydrogen) atoms. The van der Waals surface area contributed by atoms with Gasteiger partial charge in [-0.15, -0.1) is 12.1 Å². The van der Waals surface area contributed by atoms with Gasteiger partial charge in [0.2, 0.25) is 0 Å². The summed E-state index contributed by atoms with van der Waals surface area (Å²) in [7, 11) is 0. The van der Waals surface area contributed by atoms with Crippen LogP contribution in [0.3, 0.4) is 0 Å². The summed E-state index contributed by atoms with van der Waals surface area (Å²) < 4.78 is 0. The predicted octanol–water partition coefficient (Wildman–Crippen LogP) is 3.16. The summed E-state index contributed by atoms with van der Waals surface area (Å²) in [5.74, 6) is 0.